The maximum atomic E-state index is 13.2. The highest BCUT2D eigenvalue weighted by molar-refractivity contribution is 7.89. The monoisotopic (exact) mass is 344 g/mol. The molecule has 0 radical (unpaired) electrons. The lowest BCUT2D eigenvalue weighted by molar-refractivity contribution is 0.0990. The lowest BCUT2D eigenvalue weighted by Gasteiger charge is -2.22. The summed E-state index contributed by atoms with van der Waals surface area (Å²) in [6, 6.07) is 3.04. The highest BCUT2D eigenvalue weighted by Gasteiger charge is 2.24. The number of likely N-dealkylation sites (N-methyl/N-ethyl adjacent to an activating group) is 2. The number of rotatable bonds is 7. The summed E-state index contributed by atoms with van der Waals surface area (Å²) in [7, 11) is -1.22. The molecule has 1 aromatic rings. The van der Waals surface area contributed by atoms with Crippen molar-refractivity contribution in [1.82, 2.24) is 9.21 Å². The second kappa shape index (κ2) is 7.44. The molecule has 1 rings (SSSR count). The predicted molar refractivity (Wildman–Crippen MR) is 74.7 cm³/mol. The van der Waals surface area contributed by atoms with E-state index in [0.29, 0.717) is 0 Å². The third kappa shape index (κ3) is 5.14. The maximum absolute atomic E-state index is 13.2. The first-order valence-corrected chi connectivity index (χ1v) is 7.84. The van der Waals surface area contributed by atoms with Crippen LogP contribution >= 0.6 is 11.6 Å². The lowest BCUT2D eigenvalue weighted by atomic mass is 10.3. The highest BCUT2D eigenvalue weighted by atomic mass is 35.5. The smallest absolute Gasteiger partial charge is 0.251 e. The molecule has 21 heavy (non-hydrogen) atoms. The lowest BCUT2D eigenvalue weighted by Crippen LogP contribution is -2.36. The van der Waals surface area contributed by atoms with Gasteiger partial charge in [-0.3, -0.25) is 4.90 Å². The van der Waals surface area contributed by atoms with Crippen molar-refractivity contribution in [1.29, 1.82) is 0 Å². The van der Waals surface area contributed by atoms with Gasteiger partial charge in [0.2, 0.25) is 10.0 Å². The van der Waals surface area contributed by atoms with Gasteiger partial charge in [0.05, 0.1) is 11.6 Å². The summed E-state index contributed by atoms with van der Waals surface area (Å²) in [5.41, 5.74) is 0. The van der Waals surface area contributed by atoms with E-state index in [-0.39, 0.29) is 23.0 Å². The molecule has 0 aliphatic heterocycles. The van der Waals surface area contributed by atoms with E-state index in [1.807, 2.05) is 0 Å². The molecule has 9 heteroatoms. The molecule has 0 aliphatic rings. The van der Waals surface area contributed by atoms with Crippen molar-refractivity contribution in [3.05, 3.63) is 29.0 Å². The van der Waals surface area contributed by atoms with Gasteiger partial charge < -0.3 is 0 Å². The van der Waals surface area contributed by atoms with Gasteiger partial charge in [0, 0.05) is 20.1 Å². The van der Waals surface area contributed by atoms with E-state index in [1.165, 1.54) is 19.0 Å². The molecule has 0 aliphatic carbocycles. The first kappa shape index (κ1) is 18.2. The molecule has 0 saturated carbocycles. The van der Waals surface area contributed by atoms with Gasteiger partial charge in [-0.2, -0.15) is 4.31 Å². The zero-order valence-electron chi connectivity index (χ0n) is 11.6. The third-order valence-corrected chi connectivity index (χ3v) is 5.17. The largest absolute Gasteiger partial charge is 0.300 e. The Kier molecular flexibility index (Phi) is 6.45. The molecule has 0 heterocycles. The Balaban J connectivity index is 2.80. The number of alkyl halides is 2. The Bertz CT molecular complexity index is 584. The zero-order chi connectivity index (χ0) is 16.2. The van der Waals surface area contributed by atoms with Crippen molar-refractivity contribution < 1.29 is 21.6 Å². The van der Waals surface area contributed by atoms with Gasteiger partial charge in [-0.15, -0.1) is 0 Å². The zero-order valence-corrected chi connectivity index (χ0v) is 13.1. The number of halogens is 4. The normalized spacial score (nSPS) is 12.6. The van der Waals surface area contributed by atoms with Crippen LogP contribution in [0.15, 0.2) is 23.1 Å². The molecule has 0 unspecified atom stereocenters. The van der Waals surface area contributed by atoms with Crippen molar-refractivity contribution in [2.75, 3.05) is 33.7 Å². The second-order valence-electron chi connectivity index (χ2n) is 4.55. The van der Waals surface area contributed by atoms with E-state index in [9.17, 15) is 21.6 Å². The van der Waals surface area contributed by atoms with Gasteiger partial charge in [0.1, 0.15) is 10.7 Å². The van der Waals surface area contributed by atoms with Crippen LogP contribution in [-0.2, 0) is 10.0 Å². The van der Waals surface area contributed by atoms with E-state index in [4.69, 9.17) is 11.6 Å². The fourth-order valence-electron chi connectivity index (χ4n) is 1.60. The number of hydrogen-bond donors (Lipinski definition) is 0. The molecule has 0 amide bonds. The molecule has 0 N–H and O–H groups in total. The van der Waals surface area contributed by atoms with E-state index >= 15 is 0 Å². The molecular formula is C12H16ClF3N2O2S. The number of hydrogen-bond acceptors (Lipinski definition) is 3. The van der Waals surface area contributed by atoms with Crippen LogP contribution in [0.1, 0.15) is 0 Å². The minimum Gasteiger partial charge on any atom is -0.300 e. The van der Waals surface area contributed by atoms with Crippen LogP contribution < -0.4 is 0 Å². The van der Waals surface area contributed by atoms with Crippen molar-refractivity contribution in [3.8, 4) is 0 Å². The quantitative estimate of drug-likeness (QED) is 0.762. The Morgan fingerprint density at radius 3 is 2.43 bits per heavy atom. The van der Waals surface area contributed by atoms with Crippen LogP contribution in [0, 0.1) is 5.82 Å². The average Bonchev–Trinajstić information content (AvgIpc) is 2.37. The minimum atomic E-state index is -3.97. The van der Waals surface area contributed by atoms with Crippen LogP contribution in [0.5, 0.6) is 0 Å². The SMILES string of the molecule is CN(CCN(C)S(=O)(=O)c1cc(F)ccc1Cl)CC(F)F. The predicted octanol–water partition coefficient (Wildman–Crippen LogP) is 2.30. The van der Waals surface area contributed by atoms with E-state index in [2.05, 4.69) is 0 Å². The topological polar surface area (TPSA) is 40.6 Å². The van der Waals surface area contributed by atoms with E-state index in [1.54, 1.807) is 0 Å². The van der Waals surface area contributed by atoms with E-state index in [0.717, 1.165) is 22.5 Å². The van der Waals surface area contributed by atoms with Crippen molar-refractivity contribution in [2.24, 2.45) is 0 Å². The molecule has 0 aromatic heterocycles. The van der Waals surface area contributed by atoms with Gasteiger partial charge in [0.15, 0.2) is 0 Å². The van der Waals surface area contributed by atoms with Gasteiger partial charge in [0.25, 0.3) is 6.43 Å². The van der Waals surface area contributed by atoms with Crippen LogP contribution in [0.25, 0.3) is 0 Å². The number of sulfonamides is 1. The Hall–Kier alpha value is -0.830. The minimum absolute atomic E-state index is 0.0155. The van der Waals surface area contributed by atoms with Crippen LogP contribution in [0.4, 0.5) is 13.2 Å². The summed E-state index contributed by atoms with van der Waals surface area (Å²) >= 11 is 5.77. The third-order valence-electron chi connectivity index (χ3n) is 2.83. The summed E-state index contributed by atoms with van der Waals surface area (Å²) in [5, 5.41) is -0.0933. The molecule has 0 saturated heterocycles. The van der Waals surface area contributed by atoms with Crippen LogP contribution in [0.2, 0.25) is 5.02 Å². The highest BCUT2D eigenvalue weighted by Crippen LogP contribution is 2.24. The molecule has 4 nitrogen and oxygen atoms in total. The molecule has 1 aromatic carbocycles. The molecule has 0 spiro atoms. The summed E-state index contributed by atoms with van der Waals surface area (Å²) in [4.78, 5) is 0.965. The fourth-order valence-corrected chi connectivity index (χ4v) is 3.25. The Labute approximate surface area is 127 Å². The van der Waals surface area contributed by atoms with Crippen molar-refractivity contribution in [3.63, 3.8) is 0 Å². The standard InChI is InChI=1S/C12H16ClF3N2O2S/c1-17(8-12(15)16)5-6-18(2)21(19,20)11-7-9(14)3-4-10(11)13/h3-4,7,12H,5-6,8H2,1-2H3. The Morgan fingerprint density at radius 1 is 1.24 bits per heavy atom. The van der Waals surface area contributed by atoms with Gasteiger partial charge in [-0.05, 0) is 25.2 Å². The van der Waals surface area contributed by atoms with Gasteiger partial charge in [-0.1, -0.05) is 11.6 Å². The molecule has 0 bridgehead atoms. The van der Waals surface area contributed by atoms with Crippen molar-refractivity contribution in [2.45, 2.75) is 11.3 Å². The van der Waals surface area contributed by atoms with Crippen molar-refractivity contribution >= 4 is 21.6 Å². The molecule has 0 atom stereocenters. The summed E-state index contributed by atoms with van der Waals surface area (Å²) in [6.07, 6.45) is -2.49. The van der Waals surface area contributed by atoms with Crippen LogP contribution in [-0.4, -0.2) is 57.8 Å². The van der Waals surface area contributed by atoms with Gasteiger partial charge in [-0.25, -0.2) is 21.6 Å². The fraction of sp³-hybridized carbons (Fsp3) is 0.500. The summed E-state index contributed by atoms with van der Waals surface area (Å²) < 4.78 is 63.0. The summed E-state index contributed by atoms with van der Waals surface area (Å²) in [6.45, 7) is -0.347. The van der Waals surface area contributed by atoms with Crippen LogP contribution in [0.3, 0.4) is 0 Å². The molecular weight excluding hydrogens is 329 g/mol. The first-order chi connectivity index (χ1) is 9.64. The maximum Gasteiger partial charge on any atom is 0.251 e. The first-order valence-electron chi connectivity index (χ1n) is 6.02. The van der Waals surface area contributed by atoms with Gasteiger partial charge >= 0.3 is 0 Å². The van der Waals surface area contributed by atoms with E-state index < -0.39 is 28.8 Å². The Morgan fingerprint density at radius 2 is 1.86 bits per heavy atom. The number of benzene rings is 1. The average molecular weight is 345 g/mol. The molecule has 120 valence electrons. The molecule has 0 fully saturated rings. The summed E-state index contributed by atoms with van der Waals surface area (Å²) in [5.74, 6) is -0.721. The second-order valence-corrected chi connectivity index (χ2v) is 6.98. The number of nitrogens with zero attached hydrogens (tertiary/aromatic N) is 2.